The van der Waals surface area contributed by atoms with Crippen LogP contribution in [-0.4, -0.2) is 11.4 Å². The van der Waals surface area contributed by atoms with E-state index in [1.807, 2.05) is 18.2 Å². The lowest BCUT2D eigenvalue weighted by Crippen LogP contribution is -2.23. The number of allylic oxidation sites excluding steroid dienone is 4. The molecule has 0 N–H and O–H groups in total. The minimum Gasteiger partial charge on any atom is -0.170 e. The molecule has 0 bridgehead atoms. The number of thioether (sulfide) groups is 1. The van der Waals surface area contributed by atoms with E-state index in [1.54, 1.807) is 0 Å². The van der Waals surface area contributed by atoms with E-state index in [2.05, 4.69) is 0 Å². The van der Waals surface area contributed by atoms with Crippen LogP contribution in [0, 0.1) is 5.92 Å². The Bertz CT molecular complexity index is 265. The van der Waals surface area contributed by atoms with Gasteiger partial charge in [-0.2, -0.15) is 13.2 Å². The van der Waals surface area contributed by atoms with Crippen LogP contribution in [0.2, 0.25) is 0 Å². The van der Waals surface area contributed by atoms with Gasteiger partial charge in [-0.15, -0.1) is 11.8 Å². The van der Waals surface area contributed by atoms with Crippen molar-refractivity contribution in [2.75, 3.05) is 0 Å². The molecule has 2 rings (SSSR count). The summed E-state index contributed by atoms with van der Waals surface area (Å²) in [7, 11) is 0. The Hall–Kier alpha value is -0.380. The topological polar surface area (TPSA) is 0 Å². The number of halogens is 3. The van der Waals surface area contributed by atoms with Gasteiger partial charge in [-0.3, -0.25) is 0 Å². The van der Waals surface area contributed by atoms with Gasteiger partial charge in [0.25, 0.3) is 0 Å². The SMILES string of the molecule is FC(F)(F)C1CC2CC=CC=C2S1. The van der Waals surface area contributed by atoms with Crippen molar-refractivity contribution < 1.29 is 13.2 Å². The van der Waals surface area contributed by atoms with Crippen molar-refractivity contribution in [1.82, 2.24) is 0 Å². The van der Waals surface area contributed by atoms with Gasteiger partial charge in [0.05, 0.1) is 0 Å². The maximum absolute atomic E-state index is 12.3. The zero-order valence-corrected chi connectivity index (χ0v) is 7.66. The predicted molar refractivity (Wildman–Crippen MR) is 47.4 cm³/mol. The summed E-state index contributed by atoms with van der Waals surface area (Å²) in [4.78, 5) is 0.907. The molecule has 0 saturated carbocycles. The fourth-order valence-electron chi connectivity index (χ4n) is 1.68. The summed E-state index contributed by atoms with van der Waals surface area (Å²) < 4.78 is 37.0. The Morgan fingerprint density at radius 1 is 1.38 bits per heavy atom. The molecule has 0 radical (unpaired) electrons. The van der Waals surface area contributed by atoms with Crippen LogP contribution >= 0.6 is 11.8 Å². The molecule has 0 spiro atoms. The highest BCUT2D eigenvalue weighted by Crippen LogP contribution is 2.50. The summed E-state index contributed by atoms with van der Waals surface area (Å²) in [5.74, 6) is 0.127. The number of fused-ring (bicyclic) bond motifs is 1. The van der Waals surface area contributed by atoms with Gasteiger partial charge in [-0.25, -0.2) is 0 Å². The normalized spacial score (nSPS) is 33.0. The lowest BCUT2D eigenvalue weighted by Gasteiger charge is -2.12. The molecule has 72 valence electrons. The van der Waals surface area contributed by atoms with Crippen LogP contribution in [0.1, 0.15) is 12.8 Å². The Morgan fingerprint density at radius 3 is 2.77 bits per heavy atom. The first-order valence-corrected chi connectivity index (χ1v) is 5.05. The van der Waals surface area contributed by atoms with E-state index < -0.39 is 11.4 Å². The summed E-state index contributed by atoms with van der Waals surface area (Å²) in [6, 6.07) is 0. The average Bonchev–Trinajstić information content (AvgIpc) is 2.45. The van der Waals surface area contributed by atoms with E-state index in [0.29, 0.717) is 0 Å². The molecule has 0 amide bonds. The van der Waals surface area contributed by atoms with Crippen molar-refractivity contribution in [2.45, 2.75) is 24.3 Å². The maximum Gasteiger partial charge on any atom is 0.400 e. The van der Waals surface area contributed by atoms with Crippen LogP contribution < -0.4 is 0 Å². The number of hydrogen-bond acceptors (Lipinski definition) is 1. The Morgan fingerprint density at radius 2 is 2.15 bits per heavy atom. The fourth-order valence-corrected chi connectivity index (χ4v) is 3.01. The van der Waals surface area contributed by atoms with Gasteiger partial charge in [-0.05, 0) is 23.7 Å². The molecule has 2 unspecified atom stereocenters. The standard InChI is InChI=1S/C9H9F3S/c10-9(11,12)8-5-6-3-1-2-4-7(6)13-8/h1-2,4,6,8H,3,5H2. The first kappa shape index (κ1) is 9.19. The van der Waals surface area contributed by atoms with Gasteiger partial charge in [0.2, 0.25) is 0 Å². The van der Waals surface area contributed by atoms with Gasteiger partial charge in [0.1, 0.15) is 5.25 Å². The molecule has 0 aromatic heterocycles. The zero-order chi connectivity index (χ0) is 9.47. The summed E-state index contributed by atoms with van der Waals surface area (Å²) in [6.45, 7) is 0. The molecule has 0 aromatic rings. The summed E-state index contributed by atoms with van der Waals surface area (Å²) >= 11 is 0.986. The predicted octanol–water partition coefficient (Wildman–Crippen LogP) is 3.51. The van der Waals surface area contributed by atoms with Crippen molar-refractivity contribution >= 4 is 11.8 Å². The first-order chi connectivity index (χ1) is 6.07. The smallest absolute Gasteiger partial charge is 0.170 e. The Balaban J connectivity index is 2.11. The van der Waals surface area contributed by atoms with E-state index in [1.165, 1.54) is 0 Å². The molecule has 2 atom stereocenters. The lowest BCUT2D eigenvalue weighted by molar-refractivity contribution is -0.129. The molecule has 1 fully saturated rings. The van der Waals surface area contributed by atoms with Crippen LogP contribution in [0.4, 0.5) is 13.2 Å². The van der Waals surface area contributed by atoms with Gasteiger partial charge < -0.3 is 0 Å². The van der Waals surface area contributed by atoms with Crippen molar-refractivity contribution in [3.63, 3.8) is 0 Å². The molecular formula is C9H9F3S. The second-order valence-corrected chi connectivity index (χ2v) is 4.59. The maximum atomic E-state index is 12.3. The number of alkyl halides is 3. The van der Waals surface area contributed by atoms with Crippen molar-refractivity contribution in [1.29, 1.82) is 0 Å². The molecule has 2 aliphatic rings. The molecule has 1 aliphatic heterocycles. The lowest BCUT2D eigenvalue weighted by atomic mass is 9.96. The summed E-state index contributed by atoms with van der Waals surface area (Å²) in [6.07, 6.45) is 2.58. The average molecular weight is 206 g/mol. The van der Waals surface area contributed by atoms with Gasteiger partial charge in [-0.1, -0.05) is 18.2 Å². The Labute approximate surface area is 78.9 Å². The molecule has 1 heterocycles. The van der Waals surface area contributed by atoms with Gasteiger partial charge in [0.15, 0.2) is 0 Å². The van der Waals surface area contributed by atoms with Crippen LogP contribution in [-0.2, 0) is 0 Å². The highest BCUT2D eigenvalue weighted by atomic mass is 32.2. The largest absolute Gasteiger partial charge is 0.400 e. The van der Waals surface area contributed by atoms with Gasteiger partial charge in [0, 0.05) is 0 Å². The molecule has 4 heteroatoms. The number of hydrogen-bond donors (Lipinski definition) is 0. The molecule has 1 saturated heterocycles. The zero-order valence-electron chi connectivity index (χ0n) is 6.84. The third-order valence-electron chi connectivity index (χ3n) is 2.36. The van der Waals surface area contributed by atoms with Crippen LogP contribution in [0.5, 0.6) is 0 Å². The van der Waals surface area contributed by atoms with Crippen LogP contribution in [0.15, 0.2) is 23.1 Å². The highest BCUT2D eigenvalue weighted by Gasteiger charge is 2.46. The fraction of sp³-hybridized carbons (Fsp3) is 0.556. The van der Waals surface area contributed by atoms with Gasteiger partial charge >= 0.3 is 6.18 Å². The third-order valence-corrected chi connectivity index (χ3v) is 3.85. The summed E-state index contributed by atoms with van der Waals surface area (Å²) in [5, 5.41) is -1.18. The highest BCUT2D eigenvalue weighted by molar-refractivity contribution is 8.04. The minimum atomic E-state index is -4.04. The molecular weight excluding hydrogens is 197 g/mol. The number of rotatable bonds is 0. The van der Waals surface area contributed by atoms with Crippen LogP contribution in [0.25, 0.3) is 0 Å². The molecule has 0 nitrogen and oxygen atoms in total. The van der Waals surface area contributed by atoms with Crippen molar-refractivity contribution in [3.8, 4) is 0 Å². The molecule has 1 aliphatic carbocycles. The van der Waals surface area contributed by atoms with Crippen LogP contribution in [0.3, 0.4) is 0 Å². The second kappa shape index (κ2) is 3.08. The van der Waals surface area contributed by atoms with E-state index >= 15 is 0 Å². The Kier molecular flexibility index (Phi) is 2.18. The third kappa shape index (κ3) is 1.77. The minimum absolute atomic E-state index is 0.127. The molecule has 13 heavy (non-hydrogen) atoms. The van der Waals surface area contributed by atoms with Crippen molar-refractivity contribution in [2.24, 2.45) is 5.92 Å². The second-order valence-electron chi connectivity index (χ2n) is 3.31. The summed E-state index contributed by atoms with van der Waals surface area (Å²) in [5.41, 5.74) is 0. The van der Waals surface area contributed by atoms with Crippen molar-refractivity contribution in [3.05, 3.63) is 23.1 Å². The monoisotopic (exact) mass is 206 g/mol. The molecule has 0 aromatic carbocycles. The van der Waals surface area contributed by atoms with E-state index in [0.717, 1.165) is 23.1 Å². The van der Waals surface area contributed by atoms with E-state index in [9.17, 15) is 13.2 Å². The van der Waals surface area contributed by atoms with E-state index in [-0.39, 0.29) is 12.3 Å². The quantitative estimate of drug-likeness (QED) is 0.584. The van der Waals surface area contributed by atoms with E-state index in [4.69, 9.17) is 0 Å². The first-order valence-electron chi connectivity index (χ1n) is 4.17.